The summed E-state index contributed by atoms with van der Waals surface area (Å²) in [5.74, 6) is 1.45. The zero-order valence-corrected chi connectivity index (χ0v) is 11.9. The second-order valence-corrected chi connectivity index (χ2v) is 5.96. The minimum Gasteiger partial charge on any atom is -0.309 e. The van der Waals surface area contributed by atoms with Crippen molar-refractivity contribution in [3.63, 3.8) is 0 Å². The van der Waals surface area contributed by atoms with Gasteiger partial charge in [-0.2, -0.15) is 0 Å². The molecular formula is C16H26N2. The van der Waals surface area contributed by atoms with Crippen molar-refractivity contribution in [1.29, 1.82) is 0 Å². The Kier molecular flexibility index (Phi) is 4.79. The highest BCUT2D eigenvalue weighted by Crippen LogP contribution is 2.22. The van der Waals surface area contributed by atoms with Gasteiger partial charge in [0.1, 0.15) is 0 Å². The van der Waals surface area contributed by atoms with Crippen LogP contribution in [0.3, 0.4) is 0 Å². The molecule has 1 aromatic carbocycles. The summed E-state index contributed by atoms with van der Waals surface area (Å²) in [7, 11) is 2.22. The molecule has 100 valence electrons. The molecule has 0 aliphatic carbocycles. The number of hydrogen-bond acceptors (Lipinski definition) is 2. The summed E-state index contributed by atoms with van der Waals surface area (Å²) in [5, 5.41) is 3.77. The third-order valence-electron chi connectivity index (χ3n) is 3.94. The molecule has 2 unspecified atom stereocenters. The Balaban J connectivity index is 1.91. The van der Waals surface area contributed by atoms with E-state index >= 15 is 0 Å². The Morgan fingerprint density at radius 3 is 2.56 bits per heavy atom. The van der Waals surface area contributed by atoms with E-state index in [2.05, 4.69) is 61.4 Å². The van der Waals surface area contributed by atoms with Crippen molar-refractivity contribution in [1.82, 2.24) is 10.2 Å². The molecule has 1 aliphatic heterocycles. The van der Waals surface area contributed by atoms with E-state index in [0.29, 0.717) is 12.0 Å². The number of nitrogens with one attached hydrogen (secondary N) is 1. The van der Waals surface area contributed by atoms with Gasteiger partial charge in [0.2, 0.25) is 0 Å². The Bertz CT molecular complexity index is 347. The lowest BCUT2D eigenvalue weighted by Crippen LogP contribution is -2.31. The molecular weight excluding hydrogens is 220 g/mol. The number of likely N-dealkylation sites (tertiary alicyclic amines) is 1. The molecule has 0 spiro atoms. The first-order valence-electron chi connectivity index (χ1n) is 7.13. The summed E-state index contributed by atoms with van der Waals surface area (Å²) in [6.45, 7) is 8.23. The van der Waals surface area contributed by atoms with E-state index < -0.39 is 0 Å². The van der Waals surface area contributed by atoms with Gasteiger partial charge in [-0.05, 0) is 44.0 Å². The average Bonchev–Trinajstić information content (AvgIpc) is 2.76. The van der Waals surface area contributed by atoms with Crippen LogP contribution in [0.4, 0.5) is 0 Å². The van der Waals surface area contributed by atoms with E-state index in [1.165, 1.54) is 25.1 Å². The predicted octanol–water partition coefficient (Wildman–Crippen LogP) is 2.93. The van der Waals surface area contributed by atoms with E-state index in [-0.39, 0.29) is 0 Å². The van der Waals surface area contributed by atoms with Crippen LogP contribution in [0.2, 0.25) is 0 Å². The first-order valence-corrected chi connectivity index (χ1v) is 7.13. The van der Waals surface area contributed by atoms with E-state index in [1.54, 1.807) is 0 Å². The lowest BCUT2D eigenvalue weighted by atomic mass is 9.95. The minimum atomic E-state index is 0.483. The van der Waals surface area contributed by atoms with Gasteiger partial charge in [0, 0.05) is 12.6 Å². The summed E-state index contributed by atoms with van der Waals surface area (Å²) in [4.78, 5) is 2.43. The normalized spacial score (nSPS) is 22.6. The summed E-state index contributed by atoms with van der Waals surface area (Å²) in [5.41, 5.74) is 1.42. The standard InChI is InChI=1S/C16H26N2/c1-13(2)16(15-7-5-4-6-8-15)17-11-14-9-10-18(3)12-14/h4-8,13-14,16-17H,9-12H2,1-3H3. The predicted molar refractivity (Wildman–Crippen MR) is 77.6 cm³/mol. The van der Waals surface area contributed by atoms with Crippen molar-refractivity contribution in [2.75, 3.05) is 26.7 Å². The largest absolute Gasteiger partial charge is 0.309 e. The number of nitrogens with zero attached hydrogens (tertiary/aromatic N) is 1. The van der Waals surface area contributed by atoms with Gasteiger partial charge in [0.25, 0.3) is 0 Å². The topological polar surface area (TPSA) is 15.3 Å². The second-order valence-electron chi connectivity index (χ2n) is 5.96. The maximum Gasteiger partial charge on any atom is 0.0343 e. The third kappa shape index (κ3) is 3.56. The Hall–Kier alpha value is -0.860. The molecule has 18 heavy (non-hydrogen) atoms. The molecule has 1 N–H and O–H groups in total. The molecule has 0 amide bonds. The van der Waals surface area contributed by atoms with Gasteiger partial charge in [-0.15, -0.1) is 0 Å². The number of hydrogen-bond donors (Lipinski definition) is 1. The monoisotopic (exact) mass is 246 g/mol. The smallest absolute Gasteiger partial charge is 0.0343 e. The highest BCUT2D eigenvalue weighted by atomic mass is 15.1. The quantitative estimate of drug-likeness (QED) is 0.859. The molecule has 1 heterocycles. The number of benzene rings is 1. The maximum absolute atomic E-state index is 3.77. The molecule has 1 aromatic rings. The summed E-state index contributed by atoms with van der Waals surface area (Å²) >= 11 is 0. The van der Waals surface area contributed by atoms with Crippen molar-refractivity contribution in [2.45, 2.75) is 26.3 Å². The van der Waals surface area contributed by atoms with Gasteiger partial charge in [-0.3, -0.25) is 0 Å². The van der Waals surface area contributed by atoms with Gasteiger partial charge in [-0.25, -0.2) is 0 Å². The minimum absolute atomic E-state index is 0.483. The lowest BCUT2D eigenvalue weighted by Gasteiger charge is -2.24. The molecule has 2 heteroatoms. The van der Waals surface area contributed by atoms with Gasteiger partial charge in [0.05, 0.1) is 0 Å². The zero-order chi connectivity index (χ0) is 13.0. The molecule has 0 aromatic heterocycles. The van der Waals surface area contributed by atoms with Crippen LogP contribution in [-0.2, 0) is 0 Å². The molecule has 0 radical (unpaired) electrons. The summed E-state index contributed by atoms with van der Waals surface area (Å²) in [6, 6.07) is 11.3. The zero-order valence-electron chi connectivity index (χ0n) is 11.9. The highest BCUT2D eigenvalue weighted by molar-refractivity contribution is 5.19. The Labute approximate surface area is 111 Å². The van der Waals surface area contributed by atoms with Crippen LogP contribution in [0.25, 0.3) is 0 Å². The molecule has 1 aliphatic rings. The molecule has 1 fully saturated rings. The van der Waals surface area contributed by atoms with Gasteiger partial charge in [-0.1, -0.05) is 44.2 Å². The summed E-state index contributed by atoms with van der Waals surface area (Å²) < 4.78 is 0. The van der Waals surface area contributed by atoms with Crippen molar-refractivity contribution >= 4 is 0 Å². The average molecular weight is 246 g/mol. The SMILES string of the molecule is CC(C)C(NCC1CCN(C)C1)c1ccccc1. The lowest BCUT2D eigenvalue weighted by molar-refractivity contribution is 0.353. The summed E-state index contributed by atoms with van der Waals surface area (Å²) in [6.07, 6.45) is 1.34. The number of rotatable bonds is 5. The van der Waals surface area contributed by atoms with Crippen LogP contribution in [0.15, 0.2) is 30.3 Å². The van der Waals surface area contributed by atoms with E-state index in [1.807, 2.05) is 0 Å². The fraction of sp³-hybridized carbons (Fsp3) is 0.625. The maximum atomic E-state index is 3.77. The molecule has 2 nitrogen and oxygen atoms in total. The van der Waals surface area contributed by atoms with Crippen LogP contribution in [0, 0.1) is 11.8 Å². The van der Waals surface area contributed by atoms with E-state index in [4.69, 9.17) is 0 Å². The second kappa shape index (κ2) is 6.35. The van der Waals surface area contributed by atoms with Crippen molar-refractivity contribution < 1.29 is 0 Å². The van der Waals surface area contributed by atoms with Gasteiger partial charge < -0.3 is 10.2 Å². The van der Waals surface area contributed by atoms with Crippen LogP contribution < -0.4 is 5.32 Å². The van der Waals surface area contributed by atoms with Gasteiger partial charge >= 0.3 is 0 Å². The molecule has 2 atom stereocenters. The Morgan fingerprint density at radius 1 is 1.28 bits per heavy atom. The van der Waals surface area contributed by atoms with Crippen molar-refractivity contribution in [3.8, 4) is 0 Å². The fourth-order valence-electron chi connectivity index (χ4n) is 2.89. The first kappa shape index (κ1) is 13.6. The molecule has 0 bridgehead atoms. The molecule has 1 saturated heterocycles. The van der Waals surface area contributed by atoms with Crippen molar-refractivity contribution in [3.05, 3.63) is 35.9 Å². The highest BCUT2D eigenvalue weighted by Gasteiger charge is 2.21. The van der Waals surface area contributed by atoms with E-state index in [0.717, 1.165) is 12.5 Å². The van der Waals surface area contributed by atoms with Crippen LogP contribution in [-0.4, -0.2) is 31.6 Å². The van der Waals surface area contributed by atoms with Crippen LogP contribution in [0.5, 0.6) is 0 Å². The molecule has 2 rings (SSSR count). The Morgan fingerprint density at radius 2 is 2.00 bits per heavy atom. The van der Waals surface area contributed by atoms with Crippen LogP contribution in [0.1, 0.15) is 31.9 Å². The van der Waals surface area contributed by atoms with Gasteiger partial charge in [0.15, 0.2) is 0 Å². The first-order chi connectivity index (χ1) is 8.66. The fourth-order valence-corrected chi connectivity index (χ4v) is 2.89. The molecule has 0 saturated carbocycles. The van der Waals surface area contributed by atoms with Crippen molar-refractivity contribution in [2.24, 2.45) is 11.8 Å². The van der Waals surface area contributed by atoms with E-state index in [9.17, 15) is 0 Å². The van der Waals surface area contributed by atoms with Crippen LogP contribution >= 0.6 is 0 Å². The third-order valence-corrected chi connectivity index (χ3v) is 3.94.